The van der Waals surface area contributed by atoms with Gasteiger partial charge >= 0.3 is 0 Å². The molecule has 0 aliphatic rings. The second-order valence-corrected chi connectivity index (χ2v) is 5.08. The Morgan fingerprint density at radius 2 is 1.87 bits per heavy atom. The number of rotatable bonds is 8. The summed E-state index contributed by atoms with van der Waals surface area (Å²) in [6.45, 7) is 9.07. The number of nitrogens with one attached hydrogen (secondary N) is 1. The molecule has 1 unspecified atom stereocenters. The monoisotopic (exact) mass is 211 g/mol. The van der Waals surface area contributed by atoms with E-state index in [4.69, 9.17) is 0 Å². The van der Waals surface area contributed by atoms with E-state index in [1.807, 2.05) is 7.05 Å². The lowest BCUT2D eigenvalue weighted by Crippen LogP contribution is -2.35. The Bertz CT molecular complexity index is 170. The van der Waals surface area contributed by atoms with E-state index in [9.17, 15) is 0 Å². The molecule has 0 saturated heterocycles. The molecule has 1 atom stereocenters. The summed E-state index contributed by atoms with van der Waals surface area (Å²) in [7, 11) is 2.03. The van der Waals surface area contributed by atoms with Crippen LogP contribution in [0, 0.1) is 5.41 Å². The standard InChI is InChI=1S/C14H29N/c1-6-7-8-9-10-11-12-14(3,4)13(2)15-5/h11-13,15H,6-10H2,1-5H3/b12-11-. The Labute approximate surface area is 96.3 Å². The summed E-state index contributed by atoms with van der Waals surface area (Å²) in [5.74, 6) is 0. The van der Waals surface area contributed by atoms with Gasteiger partial charge in [-0.05, 0) is 32.2 Å². The molecule has 0 saturated carbocycles. The van der Waals surface area contributed by atoms with Crippen LogP contribution in [0.1, 0.15) is 59.8 Å². The zero-order chi connectivity index (χ0) is 11.7. The van der Waals surface area contributed by atoms with E-state index in [1.165, 1.54) is 32.1 Å². The van der Waals surface area contributed by atoms with Crippen molar-refractivity contribution < 1.29 is 0 Å². The van der Waals surface area contributed by atoms with Gasteiger partial charge in [0.15, 0.2) is 0 Å². The minimum Gasteiger partial charge on any atom is -0.316 e. The van der Waals surface area contributed by atoms with E-state index >= 15 is 0 Å². The van der Waals surface area contributed by atoms with E-state index in [2.05, 4.69) is 45.2 Å². The van der Waals surface area contributed by atoms with Crippen LogP contribution in [-0.2, 0) is 0 Å². The lowest BCUT2D eigenvalue weighted by atomic mass is 9.85. The summed E-state index contributed by atoms with van der Waals surface area (Å²) in [5.41, 5.74) is 0.263. The van der Waals surface area contributed by atoms with E-state index in [-0.39, 0.29) is 5.41 Å². The normalized spacial score (nSPS) is 14.7. The molecule has 0 amide bonds. The fourth-order valence-corrected chi connectivity index (χ4v) is 1.59. The van der Waals surface area contributed by atoms with Gasteiger partial charge in [-0.1, -0.05) is 52.2 Å². The van der Waals surface area contributed by atoms with Gasteiger partial charge in [-0.3, -0.25) is 0 Å². The molecule has 0 rings (SSSR count). The molecule has 0 fully saturated rings. The van der Waals surface area contributed by atoms with Crippen molar-refractivity contribution in [2.24, 2.45) is 5.41 Å². The molecule has 0 aliphatic heterocycles. The molecule has 0 aromatic heterocycles. The van der Waals surface area contributed by atoms with Gasteiger partial charge in [0.25, 0.3) is 0 Å². The van der Waals surface area contributed by atoms with Crippen LogP contribution >= 0.6 is 0 Å². The third kappa shape index (κ3) is 6.72. The van der Waals surface area contributed by atoms with Crippen LogP contribution in [0.25, 0.3) is 0 Å². The molecule has 15 heavy (non-hydrogen) atoms. The predicted octanol–water partition coefficient (Wildman–Crippen LogP) is 4.15. The first-order valence-electron chi connectivity index (χ1n) is 6.39. The van der Waals surface area contributed by atoms with Gasteiger partial charge in [0.1, 0.15) is 0 Å². The van der Waals surface area contributed by atoms with Crippen LogP contribution in [0.2, 0.25) is 0 Å². The first kappa shape index (κ1) is 14.7. The zero-order valence-electron chi connectivity index (χ0n) is 11.3. The SMILES string of the molecule is CCCCCC/C=C\C(C)(C)C(C)NC. The summed E-state index contributed by atoms with van der Waals surface area (Å²) in [6.07, 6.45) is 11.4. The maximum absolute atomic E-state index is 3.32. The van der Waals surface area contributed by atoms with Gasteiger partial charge in [0, 0.05) is 6.04 Å². The van der Waals surface area contributed by atoms with Crippen LogP contribution in [0.5, 0.6) is 0 Å². The lowest BCUT2D eigenvalue weighted by Gasteiger charge is -2.28. The van der Waals surface area contributed by atoms with Gasteiger partial charge in [-0.2, -0.15) is 0 Å². The van der Waals surface area contributed by atoms with Gasteiger partial charge in [-0.25, -0.2) is 0 Å². The van der Waals surface area contributed by atoms with E-state index in [0.717, 1.165) is 0 Å². The average molecular weight is 211 g/mol. The second-order valence-electron chi connectivity index (χ2n) is 5.08. The van der Waals surface area contributed by atoms with Crippen molar-refractivity contribution in [3.05, 3.63) is 12.2 Å². The third-order valence-electron chi connectivity index (χ3n) is 3.32. The minimum atomic E-state index is 0.263. The molecule has 0 bridgehead atoms. The average Bonchev–Trinajstić information content (AvgIpc) is 2.22. The lowest BCUT2D eigenvalue weighted by molar-refractivity contribution is 0.347. The zero-order valence-corrected chi connectivity index (χ0v) is 11.3. The molecule has 0 aliphatic carbocycles. The fraction of sp³-hybridized carbons (Fsp3) is 0.857. The molecule has 0 aromatic rings. The van der Waals surface area contributed by atoms with E-state index < -0.39 is 0 Å². The highest BCUT2D eigenvalue weighted by atomic mass is 14.9. The summed E-state index contributed by atoms with van der Waals surface area (Å²) >= 11 is 0. The molecule has 0 radical (unpaired) electrons. The third-order valence-corrected chi connectivity index (χ3v) is 3.32. The van der Waals surface area contributed by atoms with Gasteiger partial charge in [-0.15, -0.1) is 0 Å². The van der Waals surface area contributed by atoms with Crippen molar-refractivity contribution in [2.75, 3.05) is 7.05 Å². The summed E-state index contributed by atoms with van der Waals surface area (Å²) in [5, 5.41) is 3.32. The van der Waals surface area contributed by atoms with Crippen LogP contribution < -0.4 is 5.32 Å². The minimum absolute atomic E-state index is 0.263. The highest BCUT2D eigenvalue weighted by molar-refractivity contribution is 4.99. The van der Waals surface area contributed by atoms with Crippen LogP contribution in [0.4, 0.5) is 0 Å². The highest BCUT2D eigenvalue weighted by Gasteiger charge is 2.20. The molecule has 1 nitrogen and oxygen atoms in total. The number of unbranched alkanes of at least 4 members (excludes halogenated alkanes) is 4. The fourth-order valence-electron chi connectivity index (χ4n) is 1.59. The van der Waals surface area contributed by atoms with Crippen molar-refractivity contribution in [1.29, 1.82) is 0 Å². The largest absolute Gasteiger partial charge is 0.316 e. The second kappa shape index (κ2) is 7.92. The first-order valence-corrected chi connectivity index (χ1v) is 6.39. The quantitative estimate of drug-likeness (QED) is 0.470. The van der Waals surface area contributed by atoms with Crippen LogP contribution in [0.15, 0.2) is 12.2 Å². The molecule has 0 spiro atoms. The summed E-state index contributed by atoms with van der Waals surface area (Å²) in [6, 6.07) is 0.532. The Hall–Kier alpha value is -0.300. The molecular weight excluding hydrogens is 182 g/mol. The molecular formula is C14H29N. The van der Waals surface area contributed by atoms with Crippen LogP contribution in [-0.4, -0.2) is 13.1 Å². The van der Waals surface area contributed by atoms with Crippen LogP contribution in [0.3, 0.4) is 0 Å². The molecule has 0 aromatic carbocycles. The first-order chi connectivity index (χ1) is 7.04. The highest BCUT2D eigenvalue weighted by Crippen LogP contribution is 2.22. The van der Waals surface area contributed by atoms with Crippen molar-refractivity contribution >= 4 is 0 Å². The molecule has 90 valence electrons. The molecule has 1 heteroatoms. The van der Waals surface area contributed by atoms with Gasteiger partial charge in [0.05, 0.1) is 0 Å². The Morgan fingerprint density at radius 1 is 1.20 bits per heavy atom. The Balaban J connectivity index is 3.74. The number of hydrogen-bond acceptors (Lipinski definition) is 1. The summed E-state index contributed by atoms with van der Waals surface area (Å²) in [4.78, 5) is 0. The van der Waals surface area contributed by atoms with E-state index in [0.29, 0.717) is 6.04 Å². The predicted molar refractivity (Wildman–Crippen MR) is 70.2 cm³/mol. The van der Waals surface area contributed by atoms with Crippen molar-refractivity contribution in [1.82, 2.24) is 5.32 Å². The Morgan fingerprint density at radius 3 is 2.40 bits per heavy atom. The van der Waals surface area contributed by atoms with Crippen molar-refractivity contribution in [3.63, 3.8) is 0 Å². The molecule has 1 N–H and O–H groups in total. The van der Waals surface area contributed by atoms with Crippen molar-refractivity contribution in [2.45, 2.75) is 65.8 Å². The van der Waals surface area contributed by atoms with Gasteiger partial charge < -0.3 is 5.32 Å². The van der Waals surface area contributed by atoms with Gasteiger partial charge in [0.2, 0.25) is 0 Å². The Kier molecular flexibility index (Phi) is 7.76. The topological polar surface area (TPSA) is 12.0 Å². The summed E-state index contributed by atoms with van der Waals surface area (Å²) < 4.78 is 0. The maximum atomic E-state index is 3.32. The number of allylic oxidation sites excluding steroid dienone is 1. The maximum Gasteiger partial charge on any atom is 0.0121 e. The van der Waals surface area contributed by atoms with Crippen molar-refractivity contribution in [3.8, 4) is 0 Å². The van der Waals surface area contributed by atoms with E-state index in [1.54, 1.807) is 0 Å². The number of hydrogen-bond donors (Lipinski definition) is 1. The molecule has 0 heterocycles. The smallest absolute Gasteiger partial charge is 0.0121 e.